The molecule has 7 rings (SSSR count). The van der Waals surface area contributed by atoms with Crippen molar-refractivity contribution < 1.29 is 58.1 Å². The summed E-state index contributed by atoms with van der Waals surface area (Å²) in [6.45, 7) is 7.73. The SMILES string of the molecule is CCN1C(=O)N(c2c(F)c(O)cc(OC)c2F)Cc2cnc3[nH]c(C4(CN5CCOCC5)CCCCCCCCCCCC[C@@](C)([C@H]5O[C@@H](C(=O)O)[C@H](O)[C@@H](O)[C@@H]5O)CCCCCCCC4)cc3c21. The van der Waals surface area contributed by atoms with E-state index in [9.17, 15) is 35.1 Å². The fourth-order valence-electron chi connectivity index (χ4n) is 11.7. The Bertz CT molecular complexity index is 2190. The van der Waals surface area contributed by atoms with Crippen LogP contribution >= 0.6 is 0 Å². The van der Waals surface area contributed by atoms with Crippen molar-refractivity contribution in [1.29, 1.82) is 0 Å². The van der Waals surface area contributed by atoms with Gasteiger partial charge in [0, 0.05) is 60.5 Å². The number of aromatic amines is 1. The highest BCUT2D eigenvalue weighted by atomic mass is 19.1. The zero-order valence-corrected chi connectivity index (χ0v) is 41.0. The number of halogens is 2. The van der Waals surface area contributed by atoms with Crippen molar-refractivity contribution in [2.75, 3.05) is 56.3 Å². The number of rotatable bonds is 8. The van der Waals surface area contributed by atoms with Gasteiger partial charge in [-0.3, -0.25) is 14.7 Å². The average Bonchev–Trinajstić information content (AvgIpc) is 3.79. The molecule has 0 spiro atoms. The zero-order valence-electron chi connectivity index (χ0n) is 41.0. The van der Waals surface area contributed by atoms with E-state index in [1.807, 2.05) is 13.8 Å². The van der Waals surface area contributed by atoms with Gasteiger partial charge in [0.1, 0.15) is 29.6 Å². The number of fused-ring (bicyclic) bond motifs is 3. The Morgan fingerprint density at radius 1 is 0.826 bits per heavy atom. The smallest absolute Gasteiger partial charge is 0.335 e. The molecule has 1 aromatic carbocycles. The van der Waals surface area contributed by atoms with Crippen LogP contribution in [0.3, 0.4) is 0 Å². The quantitative estimate of drug-likeness (QED) is 0.125. The minimum atomic E-state index is -1.71. The molecule has 3 aromatic rings. The molecule has 3 aliphatic heterocycles. The minimum absolute atomic E-state index is 0.165. The number of phenolic OH excluding ortho intramolecular Hbond substituents is 1. The van der Waals surface area contributed by atoms with Crippen molar-refractivity contribution in [1.82, 2.24) is 14.9 Å². The standard InChI is InChI=1S/C52H77F2N5O10/c1-4-58-41-34(32-59(50(58)66)42-39(53)36(60)30-37(67-3)40(42)54)31-55-48-35(41)29-38(56-48)52(33-57-25-27-68-28-26-57)23-19-15-10-8-6-5-7-9-13-17-21-51(2,22-18-14-11-12-16-20-24-52)47-45(63)43(61)44(62)46(69-47)49(64)65/h29-31,43-47,60-63H,4-28,32-33H2,1-3H3,(H,55,56)(H,64,65)/t43-,44-,45+,46-,47+,51-,52?/m1/s1. The third-order valence-corrected chi connectivity index (χ3v) is 15.7. The lowest BCUT2D eigenvalue weighted by Gasteiger charge is -2.47. The van der Waals surface area contributed by atoms with Gasteiger partial charge < -0.3 is 44.7 Å². The van der Waals surface area contributed by atoms with Crippen LogP contribution in [0.25, 0.3) is 11.0 Å². The number of nitrogens with one attached hydrogen (secondary N) is 1. The first-order chi connectivity index (χ1) is 33.2. The molecule has 2 amide bonds. The monoisotopic (exact) mass is 970 g/mol. The molecule has 3 fully saturated rings. The highest BCUT2D eigenvalue weighted by Crippen LogP contribution is 2.46. The number of ether oxygens (including phenoxy) is 3. The predicted octanol–water partition coefficient (Wildman–Crippen LogP) is 8.85. The third-order valence-electron chi connectivity index (χ3n) is 15.7. The molecule has 5 heterocycles. The summed E-state index contributed by atoms with van der Waals surface area (Å²) in [5, 5.41) is 53.3. The van der Waals surface area contributed by atoms with E-state index in [0.717, 1.165) is 164 Å². The number of methoxy groups -OCH3 is 1. The Hall–Kier alpha value is -4.13. The van der Waals surface area contributed by atoms with E-state index in [4.69, 9.17) is 19.2 Å². The molecule has 1 aliphatic carbocycles. The number of aliphatic carboxylic acids is 1. The Labute approximate surface area is 405 Å². The fourth-order valence-corrected chi connectivity index (χ4v) is 11.7. The number of H-pyrrole nitrogens is 1. The largest absolute Gasteiger partial charge is 0.505 e. The van der Waals surface area contributed by atoms with E-state index in [-0.39, 0.29) is 24.3 Å². The first kappa shape index (κ1) is 52.7. The van der Waals surface area contributed by atoms with E-state index in [1.165, 1.54) is 12.0 Å². The molecule has 1 saturated carbocycles. The maximum atomic E-state index is 15.7. The van der Waals surface area contributed by atoms with Crippen LogP contribution in [0.15, 0.2) is 18.3 Å². The minimum Gasteiger partial charge on any atom is -0.505 e. The number of amides is 2. The van der Waals surface area contributed by atoms with E-state index >= 15 is 8.78 Å². The number of aliphatic hydroxyl groups is 3. The van der Waals surface area contributed by atoms with Gasteiger partial charge in [-0.2, -0.15) is 0 Å². The molecule has 17 heteroatoms. The summed E-state index contributed by atoms with van der Waals surface area (Å²) in [5.74, 6) is -4.89. The Morgan fingerprint density at radius 3 is 1.94 bits per heavy atom. The van der Waals surface area contributed by atoms with Gasteiger partial charge in [-0.25, -0.2) is 23.4 Å². The lowest BCUT2D eigenvalue weighted by molar-refractivity contribution is -0.251. The number of carboxylic acid groups (broad SMARTS) is 1. The molecular formula is C52H77F2N5O10. The van der Waals surface area contributed by atoms with E-state index in [0.29, 0.717) is 36.5 Å². The number of carbonyl (C=O) groups excluding carboxylic acids is 1. The molecule has 7 atom stereocenters. The summed E-state index contributed by atoms with van der Waals surface area (Å²) in [7, 11) is 1.21. The van der Waals surface area contributed by atoms with Gasteiger partial charge in [0.15, 0.2) is 29.2 Å². The molecule has 2 aromatic heterocycles. The van der Waals surface area contributed by atoms with Crippen molar-refractivity contribution in [3.63, 3.8) is 0 Å². The number of anilines is 2. The fraction of sp³-hybridized carbons (Fsp3) is 0.712. The number of urea groups is 1. The van der Waals surface area contributed by atoms with Crippen molar-refractivity contribution in [2.45, 2.75) is 185 Å². The first-order valence-electron chi connectivity index (χ1n) is 25.8. The zero-order chi connectivity index (χ0) is 49.3. The van der Waals surface area contributed by atoms with Crippen molar-refractivity contribution >= 4 is 34.4 Å². The molecule has 0 radical (unpaired) electrons. The van der Waals surface area contributed by atoms with Crippen LogP contribution in [0.4, 0.5) is 25.0 Å². The molecule has 384 valence electrons. The van der Waals surface area contributed by atoms with Crippen molar-refractivity contribution in [2.24, 2.45) is 5.41 Å². The number of pyridine rings is 1. The topological polar surface area (TPSA) is 201 Å². The van der Waals surface area contributed by atoms with Crippen LogP contribution < -0.4 is 14.5 Å². The highest BCUT2D eigenvalue weighted by Gasteiger charge is 2.52. The summed E-state index contributed by atoms with van der Waals surface area (Å²) >= 11 is 0. The van der Waals surface area contributed by atoms with Gasteiger partial charge in [-0.1, -0.05) is 110 Å². The number of carbonyl (C=O) groups is 2. The van der Waals surface area contributed by atoms with Gasteiger partial charge in [0.2, 0.25) is 0 Å². The van der Waals surface area contributed by atoms with Crippen LogP contribution in [0, 0.1) is 17.0 Å². The van der Waals surface area contributed by atoms with E-state index < -0.39 is 71.0 Å². The van der Waals surface area contributed by atoms with Crippen LogP contribution in [-0.4, -0.2) is 129 Å². The number of hydrogen-bond donors (Lipinski definition) is 6. The summed E-state index contributed by atoms with van der Waals surface area (Å²) in [4.78, 5) is 40.0. The molecule has 2 saturated heterocycles. The molecule has 69 heavy (non-hydrogen) atoms. The highest BCUT2D eigenvalue weighted by molar-refractivity contribution is 6.11. The maximum absolute atomic E-state index is 15.7. The number of phenols is 1. The van der Waals surface area contributed by atoms with E-state index in [2.05, 4.69) is 16.0 Å². The third kappa shape index (κ3) is 11.8. The summed E-state index contributed by atoms with van der Waals surface area (Å²) in [5.41, 5.74) is 1.42. The van der Waals surface area contributed by atoms with Gasteiger partial charge in [0.25, 0.3) is 0 Å². The summed E-state index contributed by atoms with van der Waals surface area (Å²) in [6, 6.07) is 2.39. The number of carboxylic acids is 1. The van der Waals surface area contributed by atoms with Crippen LogP contribution in [0.5, 0.6) is 11.5 Å². The van der Waals surface area contributed by atoms with Gasteiger partial charge in [0.05, 0.1) is 38.7 Å². The average molecular weight is 970 g/mol. The number of aromatic nitrogens is 2. The summed E-state index contributed by atoms with van der Waals surface area (Å²) < 4.78 is 48.0. The molecular weight excluding hydrogens is 893 g/mol. The second kappa shape index (κ2) is 23.9. The Kier molecular flexibility index (Phi) is 18.2. The normalized spacial score (nSPS) is 29.5. The van der Waals surface area contributed by atoms with E-state index in [1.54, 1.807) is 6.20 Å². The lowest BCUT2D eigenvalue weighted by Crippen LogP contribution is -2.63. The number of benzene rings is 1. The molecule has 4 aliphatic rings. The first-order valence-corrected chi connectivity index (χ1v) is 25.8. The summed E-state index contributed by atoms with van der Waals surface area (Å²) in [6.07, 6.45) is 14.5. The number of morpholine rings is 1. The Balaban J connectivity index is 1.14. The molecule has 0 bridgehead atoms. The number of nitrogens with zero attached hydrogens (tertiary/aromatic N) is 4. The molecule has 15 nitrogen and oxygen atoms in total. The maximum Gasteiger partial charge on any atom is 0.335 e. The number of aromatic hydroxyl groups is 1. The van der Waals surface area contributed by atoms with Crippen LogP contribution in [0.1, 0.15) is 154 Å². The Morgan fingerprint density at radius 2 is 1.39 bits per heavy atom. The van der Waals surface area contributed by atoms with Crippen molar-refractivity contribution in [3.8, 4) is 11.5 Å². The van der Waals surface area contributed by atoms with Gasteiger partial charge in [-0.05, 0) is 44.1 Å². The molecule has 1 unspecified atom stereocenters. The number of aliphatic hydroxyl groups excluding tert-OH is 3. The predicted molar refractivity (Wildman–Crippen MR) is 259 cm³/mol. The van der Waals surface area contributed by atoms with Crippen LogP contribution in [-0.2, 0) is 26.2 Å². The second-order valence-corrected chi connectivity index (χ2v) is 20.5. The lowest BCUT2D eigenvalue weighted by atomic mass is 9.70. The second-order valence-electron chi connectivity index (χ2n) is 20.5. The molecule has 6 N–H and O–H groups in total. The van der Waals surface area contributed by atoms with Crippen molar-refractivity contribution in [3.05, 3.63) is 41.2 Å². The number of hydrogen-bond acceptors (Lipinski definition) is 11. The van der Waals surface area contributed by atoms with Gasteiger partial charge in [-0.15, -0.1) is 0 Å². The van der Waals surface area contributed by atoms with Crippen LogP contribution in [0.2, 0.25) is 0 Å². The van der Waals surface area contributed by atoms with Gasteiger partial charge >= 0.3 is 12.0 Å².